The van der Waals surface area contributed by atoms with E-state index in [1.807, 2.05) is 66.7 Å². The first kappa shape index (κ1) is 21.0. The second-order valence-electron chi connectivity index (χ2n) is 5.90. The average molecular weight is 383 g/mol. The van der Waals surface area contributed by atoms with E-state index in [4.69, 9.17) is 9.47 Å². The summed E-state index contributed by atoms with van der Waals surface area (Å²) in [5.41, 5.74) is 1.01. The number of methoxy groups -OCH3 is 1. The molecule has 0 radical (unpaired) electrons. The maximum absolute atomic E-state index is 11.9. The molecule has 0 saturated carbocycles. The number of carbonyl (C=O) groups is 2. The number of ether oxygens (including phenoxy) is 3. The second-order valence-corrected chi connectivity index (χ2v) is 5.90. The van der Waals surface area contributed by atoms with Gasteiger partial charge in [0.2, 0.25) is 0 Å². The van der Waals surface area contributed by atoms with E-state index in [9.17, 15) is 9.59 Å². The van der Waals surface area contributed by atoms with Gasteiger partial charge in [0.25, 0.3) is 0 Å². The van der Waals surface area contributed by atoms with Crippen molar-refractivity contribution in [2.75, 3.05) is 13.7 Å². The molecule has 0 aliphatic rings. The van der Waals surface area contributed by atoms with Crippen molar-refractivity contribution in [2.45, 2.75) is 25.8 Å². The van der Waals surface area contributed by atoms with E-state index < -0.39 is 18.1 Å². The zero-order valence-corrected chi connectivity index (χ0v) is 16.1. The average Bonchev–Trinajstić information content (AvgIpc) is 2.72. The molecule has 0 spiro atoms. The smallest absolute Gasteiger partial charge is 0.407 e. The molecule has 0 saturated heterocycles. The van der Waals surface area contributed by atoms with Crippen LogP contribution in [0.1, 0.15) is 25.3 Å². The minimum Gasteiger partial charge on any atom is -0.464 e. The molecule has 0 aliphatic heterocycles. The zero-order valence-electron chi connectivity index (χ0n) is 16.1. The van der Waals surface area contributed by atoms with Crippen LogP contribution in [0, 0.1) is 0 Å². The minimum atomic E-state index is -0.737. The van der Waals surface area contributed by atoms with Gasteiger partial charge in [-0.15, -0.1) is 0 Å². The highest BCUT2D eigenvalue weighted by molar-refractivity contribution is 5.81. The number of para-hydroxylation sites is 1. The lowest BCUT2D eigenvalue weighted by Gasteiger charge is -2.15. The predicted molar refractivity (Wildman–Crippen MR) is 107 cm³/mol. The van der Waals surface area contributed by atoms with E-state index in [1.54, 1.807) is 6.92 Å². The Kier molecular flexibility index (Phi) is 8.59. The van der Waals surface area contributed by atoms with Gasteiger partial charge in [-0.25, -0.2) is 9.59 Å². The summed E-state index contributed by atoms with van der Waals surface area (Å²) in [6.45, 7) is 1.98. The lowest BCUT2D eigenvalue weighted by atomic mass is 10.1. The van der Waals surface area contributed by atoms with Crippen molar-refractivity contribution in [1.29, 1.82) is 0 Å². The Hall–Kier alpha value is -3.28. The van der Waals surface area contributed by atoms with E-state index in [0.29, 0.717) is 12.8 Å². The van der Waals surface area contributed by atoms with Crippen molar-refractivity contribution in [1.82, 2.24) is 5.32 Å². The highest BCUT2D eigenvalue weighted by Gasteiger charge is 2.21. The molecule has 2 aromatic rings. The van der Waals surface area contributed by atoms with Crippen LogP contribution >= 0.6 is 0 Å². The van der Waals surface area contributed by atoms with E-state index in [2.05, 4.69) is 10.1 Å². The molecule has 0 aliphatic carbocycles. The van der Waals surface area contributed by atoms with E-state index in [0.717, 1.165) is 17.1 Å². The lowest BCUT2D eigenvalue weighted by molar-refractivity contribution is -0.145. The fourth-order valence-electron chi connectivity index (χ4n) is 2.45. The van der Waals surface area contributed by atoms with Gasteiger partial charge in [-0.2, -0.15) is 0 Å². The lowest BCUT2D eigenvalue weighted by Crippen LogP contribution is -2.41. The Morgan fingerprint density at radius 1 is 1.04 bits per heavy atom. The maximum atomic E-state index is 11.9. The SMILES string of the molecule is CCOC(=O)[C@@H](CC/C=C/c1ccc(Oc2ccccc2)cc1)NC(=O)OC. The molecule has 2 rings (SSSR count). The largest absolute Gasteiger partial charge is 0.464 e. The van der Waals surface area contributed by atoms with Crippen LogP contribution in [0.4, 0.5) is 4.79 Å². The number of benzene rings is 2. The van der Waals surface area contributed by atoms with Crippen LogP contribution in [0.25, 0.3) is 6.08 Å². The number of amides is 1. The van der Waals surface area contributed by atoms with Crippen molar-refractivity contribution in [3.8, 4) is 11.5 Å². The van der Waals surface area contributed by atoms with Crippen molar-refractivity contribution < 1.29 is 23.8 Å². The number of allylic oxidation sites excluding steroid dienone is 1. The first-order chi connectivity index (χ1) is 13.6. The molecule has 1 atom stereocenters. The van der Waals surface area contributed by atoms with Crippen LogP contribution in [0.15, 0.2) is 60.7 Å². The van der Waals surface area contributed by atoms with Gasteiger partial charge in [-0.3, -0.25) is 0 Å². The Balaban J connectivity index is 1.86. The van der Waals surface area contributed by atoms with Gasteiger partial charge in [-0.1, -0.05) is 42.5 Å². The molecule has 6 nitrogen and oxygen atoms in total. The third kappa shape index (κ3) is 7.15. The molecule has 0 aromatic heterocycles. The molecule has 2 aromatic carbocycles. The molecule has 28 heavy (non-hydrogen) atoms. The van der Waals surface area contributed by atoms with E-state index in [1.165, 1.54) is 7.11 Å². The summed E-state index contributed by atoms with van der Waals surface area (Å²) in [5.74, 6) is 1.07. The third-order valence-electron chi connectivity index (χ3n) is 3.84. The molecule has 148 valence electrons. The first-order valence-corrected chi connectivity index (χ1v) is 9.13. The molecule has 1 amide bonds. The second kappa shape index (κ2) is 11.4. The van der Waals surface area contributed by atoms with Crippen LogP contribution in [-0.2, 0) is 14.3 Å². The number of alkyl carbamates (subject to hydrolysis) is 1. The molecule has 0 unspecified atom stereocenters. The standard InChI is InChI=1S/C22H25NO5/c1-3-27-21(24)20(23-22(25)26-2)12-8-7-9-17-13-15-19(16-14-17)28-18-10-5-4-6-11-18/h4-7,9-11,13-16,20H,3,8,12H2,1-2H3,(H,23,25)/b9-7+/t20-/m1/s1. The maximum Gasteiger partial charge on any atom is 0.407 e. The summed E-state index contributed by atoms with van der Waals surface area (Å²) in [6.07, 6.45) is 4.25. The van der Waals surface area contributed by atoms with E-state index >= 15 is 0 Å². The van der Waals surface area contributed by atoms with Gasteiger partial charge in [0.1, 0.15) is 17.5 Å². The zero-order chi connectivity index (χ0) is 20.2. The van der Waals surface area contributed by atoms with Gasteiger partial charge in [0.05, 0.1) is 13.7 Å². The molecule has 1 N–H and O–H groups in total. The van der Waals surface area contributed by atoms with Gasteiger partial charge in [0.15, 0.2) is 0 Å². The fourth-order valence-corrected chi connectivity index (χ4v) is 2.45. The molecule has 0 heterocycles. The Bertz CT molecular complexity index is 771. The number of hydrogen-bond acceptors (Lipinski definition) is 5. The van der Waals surface area contributed by atoms with Crippen LogP contribution < -0.4 is 10.1 Å². The molecular weight excluding hydrogens is 358 g/mol. The Morgan fingerprint density at radius 2 is 1.71 bits per heavy atom. The van der Waals surface area contributed by atoms with Gasteiger partial charge in [0, 0.05) is 0 Å². The van der Waals surface area contributed by atoms with E-state index in [-0.39, 0.29) is 6.61 Å². The highest BCUT2D eigenvalue weighted by Crippen LogP contribution is 2.21. The summed E-state index contributed by atoms with van der Waals surface area (Å²) in [7, 11) is 1.25. The minimum absolute atomic E-state index is 0.255. The first-order valence-electron chi connectivity index (χ1n) is 9.13. The summed E-state index contributed by atoms with van der Waals surface area (Å²) in [4.78, 5) is 23.3. The highest BCUT2D eigenvalue weighted by atomic mass is 16.5. The third-order valence-corrected chi connectivity index (χ3v) is 3.84. The quantitative estimate of drug-likeness (QED) is 0.643. The summed E-state index contributed by atoms with van der Waals surface area (Å²) < 4.78 is 15.3. The Labute approximate surface area is 165 Å². The van der Waals surface area contributed by atoms with Gasteiger partial charge >= 0.3 is 12.1 Å². The van der Waals surface area contributed by atoms with Crippen molar-refractivity contribution >= 4 is 18.1 Å². The van der Waals surface area contributed by atoms with Crippen LogP contribution in [-0.4, -0.2) is 31.8 Å². The predicted octanol–water partition coefficient (Wildman–Crippen LogP) is 4.56. The summed E-state index contributed by atoms with van der Waals surface area (Å²) in [6, 6.07) is 16.5. The van der Waals surface area contributed by atoms with Crippen molar-refractivity contribution in [2.24, 2.45) is 0 Å². The topological polar surface area (TPSA) is 73.9 Å². The van der Waals surface area contributed by atoms with Gasteiger partial charge < -0.3 is 19.5 Å². The molecule has 0 bridgehead atoms. The fraction of sp³-hybridized carbons (Fsp3) is 0.273. The van der Waals surface area contributed by atoms with Crippen molar-refractivity contribution in [3.05, 3.63) is 66.2 Å². The Morgan fingerprint density at radius 3 is 2.36 bits per heavy atom. The molecule has 0 fully saturated rings. The molecule has 6 heteroatoms. The summed E-state index contributed by atoms with van der Waals surface area (Å²) >= 11 is 0. The number of hydrogen-bond donors (Lipinski definition) is 1. The monoisotopic (exact) mass is 383 g/mol. The number of esters is 1. The van der Waals surface area contributed by atoms with Crippen LogP contribution in [0.5, 0.6) is 11.5 Å². The van der Waals surface area contributed by atoms with Crippen LogP contribution in [0.3, 0.4) is 0 Å². The molecular formula is C22H25NO5. The number of rotatable bonds is 9. The van der Waals surface area contributed by atoms with Crippen molar-refractivity contribution in [3.63, 3.8) is 0 Å². The normalized spacial score (nSPS) is 11.6. The summed E-state index contributed by atoms with van der Waals surface area (Å²) in [5, 5.41) is 2.49. The number of carbonyl (C=O) groups excluding carboxylic acids is 2. The van der Waals surface area contributed by atoms with Crippen LogP contribution in [0.2, 0.25) is 0 Å². The number of nitrogens with one attached hydrogen (secondary N) is 1. The van der Waals surface area contributed by atoms with Gasteiger partial charge in [-0.05, 0) is 49.6 Å².